The highest BCUT2D eigenvalue weighted by atomic mass is 32.2. The number of amides is 15. The summed E-state index contributed by atoms with van der Waals surface area (Å²) in [6, 6.07) is 5.59. The average molecular weight is 1860 g/mol. The molecule has 710 valence electrons. The number of phenolic OH excluding ortho intramolecular Hbond substituents is 1. The molecule has 19 N–H and O–H groups in total. The Bertz CT molecular complexity index is 5200. The van der Waals surface area contributed by atoms with Crippen LogP contribution in [0.15, 0.2) is 128 Å². The molecule has 39 nitrogen and oxygen atoms in total. The maximum Gasteiger partial charge on any atom is 0.305 e. The molecule has 15 atom stereocenters. The first kappa shape index (κ1) is 102. The van der Waals surface area contributed by atoms with Crippen molar-refractivity contribution in [3.8, 4) is 5.75 Å². The van der Waals surface area contributed by atoms with E-state index in [2.05, 4.69) is 52.8 Å². The second-order valence-corrected chi connectivity index (χ2v) is 34.1. The number of fused-ring (bicyclic) bond motifs is 3. The molecule has 132 heavy (non-hydrogen) atoms. The molecule has 0 spiro atoms. The molecule has 3 fully saturated rings. The van der Waals surface area contributed by atoms with E-state index in [1.54, 1.807) is 91.9 Å². The number of thioether (sulfide) groups is 1. The van der Waals surface area contributed by atoms with Gasteiger partial charge in [0.2, 0.25) is 88.6 Å². The molecule has 0 radical (unpaired) electrons. The number of aromatic nitrogens is 1. The molecule has 9 rings (SSSR count). The number of likely N-dealkylation sites (N-methyl/N-ethyl adjacent to an activating group) is 3. The van der Waals surface area contributed by atoms with Gasteiger partial charge in [0.05, 0.1) is 37.3 Å². The molecule has 0 unspecified atom stereocenters. The van der Waals surface area contributed by atoms with Gasteiger partial charge in [-0.15, -0.1) is 11.8 Å². The minimum Gasteiger partial charge on any atom is -0.508 e. The number of carboxylic acids is 2. The summed E-state index contributed by atoms with van der Waals surface area (Å²) in [5, 5.41) is 76.5. The largest absolute Gasteiger partial charge is 0.508 e. The van der Waals surface area contributed by atoms with Crippen LogP contribution >= 0.6 is 11.8 Å². The number of rotatable bonds is 22. The summed E-state index contributed by atoms with van der Waals surface area (Å²) in [4.78, 5) is 256. The number of aliphatic carboxylic acids is 2. The summed E-state index contributed by atoms with van der Waals surface area (Å²) in [6.07, 6.45) is -6.95. The van der Waals surface area contributed by atoms with Gasteiger partial charge in [-0.05, 0) is 70.5 Å². The van der Waals surface area contributed by atoms with Crippen molar-refractivity contribution in [1.82, 2.24) is 77.3 Å². The Morgan fingerprint density at radius 1 is 0.515 bits per heavy atom. The lowest BCUT2D eigenvalue weighted by molar-refractivity contribution is -0.152. The van der Waals surface area contributed by atoms with E-state index in [4.69, 9.17) is 11.5 Å². The minimum absolute atomic E-state index is 0.158. The Morgan fingerprint density at radius 2 is 1.00 bits per heavy atom. The molecule has 0 aliphatic carbocycles. The quantitative estimate of drug-likeness (QED) is 0.0333. The maximum atomic E-state index is 15.6. The van der Waals surface area contributed by atoms with Crippen LogP contribution in [0.1, 0.15) is 93.5 Å². The number of nitrogens with zero attached hydrogens (tertiary/aromatic N) is 5. The molecule has 43 heteroatoms. The zero-order valence-corrected chi connectivity index (χ0v) is 74.0. The third-order valence-corrected chi connectivity index (χ3v) is 24.0. The molecule has 3 aliphatic rings. The second kappa shape index (κ2) is 47.3. The second-order valence-electron chi connectivity index (χ2n) is 33.1. The summed E-state index contributed by atoms with van der Waals surface area (Å²) in [6.45, 7) is 1.83. The third-order valence-electron chi connectivity index (χ3n) is 23.0. The standard InChI is InChI=1S/C89H110F3N17O22S/c1-7-8-23-66-88(130)109-43-54(112)36-69(109)84(126)100-61(37-73(115)116)80(122)104-76(46(2)3)89(131)106(5)67(32-47-17-11-9-12-18-47)82(124)101-63(38-74(117)118)86(128)108-42-53(111)35-68(108)83(125)99-60(34-51-40-95-58-22-16-15-21-55(51)58)79(121)98-59(30-49-24-26-52(110)27-25-49)78(120)102-64(39-93)81(123)103-65(77(119)96-41-71(94)113)44-132-45-72(114)97-62(31-50-28-56(90)75(92)57(91)29-50)85(127)107(6)70(87(129)105(66)4)33-48-19-13-10-14-20-48/h9-22,24-29,40,46,53-54,59-70,76,95,110-112H,7-8,23,30-39,41-45,93H2,1-6H3,(H2,94,113)(H,96,119)(H,97,114)(H,98,121)(H,99,125)(H,100,126)(H,101,124)(H,102,120)(H,103,123)(H,104,122)(H,115,116)(H,117,118)/t53-,54-,59+,60+,61+,62+,63+,64+,65+,66+,67+,68-,69-,70+,76+/m1/s1. The summed E-state index contributed by atoms with van der Waals surface area (Å²) in [7, 11) is 3.48. The number of nitrogens with one attached hydrogen (secondary N) is 10. The number of carboxylic acid groups (broad SMARTS) is 2. The molecule has 0 saturated carbocycles. The van der Waals surface area contributed by atoms with E-state index in [0.29, 0.717) is 57.9 Å². The number of unbranched alkanes of at least 4 members (excludes halogenated alkanes) is 1. The van der Waals surface area contributed by atoms with Crippen molar-refractivity contribution in [2.24, 2.45) is 17.4 Å². The topological polar surface area (TPSA) is 584 Å². The van der Waals surface area contributed by atoms with Gasteiger partial charge in [0.15, 0.2) is 17.5 Å². The number of hydrogen-bond acceptors (Lipinski definition) is 22. The highest BCUT2D eigenvalue weighted by molar-refractivity contribution is 8.00. The Labute approximate surface area is 760 Å². The summed E-state index contributed by atoms with van der Waals surface area (Å²) >= 11 is 0.599. The van der Waals surface area contributed by atoms with Crippen LogP contribution in [-0.2, 0) is 114 Å². The van der Waals surface area contributed by atoms with Gasteiger partial charge in [0.1, 0.15) is 84.3 Å². The molecule has 15 amide bonds. The van der Waals surface area contributed by atoms with Crippen LogP contribution in [0.2, 0.25) is 0 Å². The fourth-order valence-electron chi connectivity index (χ4n) is 15.8. The molecule has 1 aromatic heterocycles. The van der Waals surface area contributed by atoms with E-state index < -0.39 is 303 Å². The first-order valence-electron chi connectivity index (χ1n) is 42.7. The Balaban J connectivity index is 1.13. The van der Waals surface area contributed by atoms with Gasteiger partial charge in [-0.2, -0.15) is 0 Å². The highest BCUT2D eigenvalue weighted by Crippen LogP contribution is 2.29. The van der Waals surface area contributed by atoms with Crippen molar-refractivity contribution in [3.05, 3.63) is 173 Å². The smallest absolute Gasteiger partial charge is 0.305 e. The normalized spacial score (nSPS) is 24.8. The number of carbonyl (C=O) groups is 17. The molecule has 3 aliphatic heterocycles. The van der Waals surface area contributed by atoms with Crippen LogP contribution in [0.3, 0.4) is 0 Å². The summed E-state index contributed by atoms with van der Waals surface area (Å²) in [5.41, 5.74) is 13.2. The van der Waals surface area contributed by atoms with Gasteiger partial charge < -0.3 is 114 Å². The number of hydrogen-bond donors (Lipinski definition) is 17. The van der Waals surface area contributed by atoms with Crippen LogP contribution in [-0.4, -0.2) is 305 Å². The van der Waals surface area contributed by atoms with Crippen LogP contribution in [0.25, 0.3) is 10.9 Å². The first-order chi connectivity index (χ1) is 62.6. The number of aliphatic hydroxyl groups is 2. The van der Waals surface area contributed by atoms with E-state index in [1.165, 1.54) is 51.4 Å². The Hall–Kier alpha value is -13.6. The number of H-pyrrole nitrogens is 1. The number of para-hydroxylation sites is 1. The number of benzene rings is 5. The van der Waals surface area contributed by atoms with Crippen LogP contribution in [0.5, 0.6) is 5.75 Å². The molecule has 0 bridgehead atoms. The Morgan fingerprint density at radius 3 is 1.57 bits per heavy atom. The lowest BCUT2D eigenvalue weighted by atomic mass is 9.98. The van der Waals surface area contributed by atoms with Crippen molar-refractivity contribution in [1.29, 1.82) is 0 Å². The number of aromatic amines is 1. The fraction of sp³-hybridized carbons (Fsp3) is 0.449. The SMILES string of the molecule is CCCC[C@H]1C(=O)N2C[C@H](O)C[C@@H]2C(=O)N[C@@H](CC(=O)O)C(=O)N[C@@H](C(C)C)C(=O)N(C)[C@@H](Cc2ccccc2)C(=O)N[C@@H](CC(=O)O)C(=O)N2C[C@H](O)C[C@@H]2C(=O)N[C@@H](Cc2c[nH]c3ccccc23)C(=O)N[C@@H](Cc2ccc(O)cc2)C(=O)N[C@@H](CN)C(=O)N[C@H](C(=O)NCC(N)=O)CSCC(=O)N[C@@H](Cc2cc(F)c(F)c(F)c2)C(=O)N(C)[C@@H](Cc2ccccc2)C(=O)N1C. The molecular weight excluding hydrogens is 1750 g/mol. The van der Waals surface area contributed by atoms with Crippen LogP contribution < -0.4 is 59.3 Å². The molecular formula is C89H110F3N17O22S. The van der Waals surface area contributed by atoms with E-state index in [0.717, 1.165) is 38.6 Å². The predicted octanol–water partition coefficient (Wildman–Crippen LogP) is -1.81. The van der Waals surface area contributed by atoms with Crippen LogP contribution in [0.4, 0.5) is 13.2 Å². The zero-order valence-electron chi connectivity index (χ0n) is 73.2. The van der Waals surface area contributed by atoms with Gasteiger partial charge in [-0.25, -0.2) is 13.2 Å². The monoisotopic (exact) mass is 1860 g/mol. The number of carbonyl (C=O) groups excluding carboxylic acids is 15. The third kappa shape index (κ3) is 27.5. The number of aliphatic hydroxyl groups excluding tert-OH is 2. The minimum atomic E-state index is -2.12. The van der Waals surface area contributed by atoms with Crippen molar-refractivity contribution >= 4 is 123 Å². The van der Waals surface area contributed by atoms with Crippen molar-refractivity contribution in [2.75, 3.05) is 58.8 Å². The molecule has 6 aromatic rings. The average Bonchev–Trinajstić information content (AvgIpc) is 1.38. The molecule has 4 heterocycles. The predicted molar refractivity (Wildman–Crippen MR) is 469 cm³/mol. The van der Waals surface area contributed by atoms with Crippen molar-refractivity contribution < 1.29 is 120 Å². The maximum absolute atomic E-state index is 15.6. The van der Waals surface area contributed by atoms with E-state index in [9.17, 15) is 68.3 Å². The van der Waals surface area contributed by atoms with Crippen molar-refractivity contribution in [3.63, 3.8) is 0 Å². The lowest BCUT2D eigenvalue weighted by Gasteiger charge is -2.38. The lowest BCUT2D eigenvalue weighted by Crippen LogP contribution is -2.62. The number of nitrogens with two attached hydrogens (primary N) is 2. The summed E-state index contributed by atoms with van der Waals surface area (Å²) < 4.78 is 44.9. The summed E-state index contributed by atoms with van der Waals surface area (Å²) in [5.74, 6) is -28.1. The van der Waals surface area contributed by atoms with E-state index >= 15 is 51.9 Å². The van der Waals surface area contributed by atoms with E-state index in [-0.39, 0.29) is 37.0 Å². The van der Waals surface area contributed by atoms with E-state index in [1.807, 2.05) is 0 Å². The van der Waals surface area contributed by atoms with Gasteiger partial charge in [-0.3, -0.25) is 81.5 Å². The Kier molecular flexibility index (Phi) is 36.6. The number of halogens is 3. The number of phenols is 1. The van der Waals surface area contributed by atoms with Crippen molar-refractivity contribution in [2.45, 2.75) is 189 Å². The van der Waals surface area contributed by atoms with Gasteiger partial charge in [0.25, 0.3) is 0 Å². The van der Waals surface area contributed by atoms with Gasteiger partial charge >= 0.3 is 11.9 Å². The number of aromatic hydroxyl groups is 1. The molecule has 5 aromatic carbocycles. The zero-order chi connectivity index (χ0) is 96.6. The van der Waals surface area contributed by atoms with Gasteiger partial charge in [-0.1, -0.05) is 125 Å². The fourth-order valence-corrected chi connectivity index (χ4v) is 16.7. The highest BCUT2D eigenvalue weighted by Gasteiger charge is 2.49. The molecule has 3 saturated heterocycles. The number of primary amides is 1. The van der Waals surface area contributed by atoms with Crippen LogP contribution in [0, 0.1) is 23.4 Å². The van der Waals surface area contributed by atoms with Gasteiger partial charge in [0, 0.05) is 109 Å². The first-order valence-corrected chi connectivity index (χ1v) is 43.8.